The van der Waals surface area contributed by atoms with Crippen LogP contribution in [0, 0.1) is 5.92 Å². The quantitative estimate of drug-likeness (QED) is 0.522. The molecule has 2 aromatic carbocycles. The zero-order chi connectivity index (χ0) is 24.1. The van der Waals surface area contributed by atoms with E-state index in [2.05, 4.69) is 10.1 Å². The number of aromatic nitrogens is 2. The summed E-state index contributed by atoms with van der Waals surface area (Å²) in [5.41, 5.74) is 1.73. The van der Waals surface area contributed by atoms with Crippen LogP contribution < -0.4 is 4.74 Å². The van der Waals surface area contributed by atoms with Crippen molar-refractivity contribution >= 4 is 12.1 Å². The van der Waals surface area contributed by atoms with Crippen LogP contribution in [-0.4, -0.2) is 51.4 Å². The van der Waals surface area contributed by atoms with Crippen molar-refractivity contribution < 1.29 is 28.7 Å². The van der Waals surface area contributed by atoms with E-state index in [4.69, 9.17) is 14.0 Å². The number of carboxylic acids is 1. The lowest BCUT2D eigenvalue weighted by molar-refractivity contribution is -0.138. The van der Waals surface area contributed by atoms with E-state index in [9.17, 15) is 14.7 Å². The predicted octanol–water partition coefficient (Wildman–Crippen LogP) is 4.35. The molecule has 9 nitrogen and oxygen atoms in total. The SMILES string of the molecule is CC(C)OC(=O)N1C[C@H](CC(=O)O)[C@H](c2cccc(OCc3noc(-c4ccccc4)n3)c2)C1. The average molecular weight is 466 g/mol. The highest BCUT2D eigenvalue weighted by Gasteiger charge is 2.38. The van der Waals surface area contributed by atoms with Crippen LogP contribution in [0.5, 0.6) is 5.75 Å². The van der Waals surface area contributed by atoms with Gasteiger partial charge in [0.1, 0.15) is 5.75 Å². The minimum Gasteiger partial charge on any atom is -0.485 e. The molecule has 1 aromatic heterocycles. The zero-order valence-electron chi connectivity index (χ0n) is 19.1. The molecule has 0 unspecified atom stereocenters. The Balaban J connectivity index is 1.44. The van der Waals surface area contributed by atoms with Crippen LogP contribution in [0.1, 0.15) is 37.6 Å². The molecule has 1 saturated heterocycles. The summed E-state index contributed by atoms with van der Waals surface area (Å²) < 4.78 is 16.5. The third kappa shape index (κ3) is 5.72. The Bertz CT molecular complexity index is 1130. The summed E-state index contributed by atoms with van der Waals surface area (Å²) in [6, 6.07) is 16.9. The fourth-order valence-corrected chi connectivity index (χ4v) is 4.10. The van der Waals surface area contributed by atoms with Gasteiger partial charge in [-0.15, -0.1) is 0 Å². The van der Waals surface area contributed by atoms with Crippen LogP contribution in [0.15, 0.2) is 59.1 Å². The molecule has 2 atom stereocenters. The highest BCUT2D eigenvalue weighted by Crippen LogP contribution is 2.36. The van der Waals surface area contributed by atoms with E-state index in [0.717, 1.165) is 11.1 Å². The molecule has 34 heavy (non-hydrogen) atoms. The van der Waals surface area contributed by atoms with Gasteiger partial charge in [-0.3, -0.25) is 4.79 Å². The summed E-state index contributed by atoms with van der Waals surface area (Å²) in [7, 11) is 0. The van der Waals surface area contributed by atoms with E-state index in [0.29, 0.717) is 30.6 Å². The maximum Gasteiger partial charge on any atom is 0.410 e. The summed E-state index contributed by atoms with van der Waals surface area (Å²) in [6.45, 7) is 4.41. The number of hydrogen-bond acceptors (Lipinski definition) is 7. The van der Waals surface area contributed by atoms with Crippen molar-refractivity contribution in [3.05, 3.63) is 66.0 Å². The third-order valence-corrected chi connectivity index (χ3v) is 5.62. The monoisotopic (exact) mass is 465 g/mol. The number of aliphatic carboxylic acids is 1. The molecule has 2 heterocycles. The Kier molecular flexibility index (Phi) is 7.10. The minimum absolute atomic E-state index is 0.0354. The Labute approximate surface area is 197 Å². The van der Waals surface area contributed by atoms with Crippen molar-refractivity contribution in [2.45, 2.75) is 38.9 Å². The number of likely N-dealkylation sites (tertiary alicyclic amines) is 1. The molecule has 1 aliphatic heterocycles. The van der Waals surface area contributed by atoms with E-state index in [1.165, 1.54) is 0 Å². The Morgan fingerprint density at radius 1 is 1.15 bits per heavy atom. The van der Waals surface area contributed by atoms with E-state index in [1.54, 1.807) is 18.7 Å². The molecule has 0 bridgehead atoms. The maximum atomic E-state index is 12.4. The Morgan fingerprint density at radius 3 is 2.68 bits per heavy atom. The predicted molar refractivity (Wildman–Crippen MR) is 122 cm³/mol. The van der Waals surface area contributed by atoms with Crippen LogP contribution in [0.3, 0.4) is 0 Å². The van der Waals surface area contributed by atoms with Crippen molar-refractivity contribution in [3.63, 3.8) is 0 Å². The van der Waals surface area contributed by atoms with Crippen molar-refractivity contribution in [1.82, 2.24) is 15.0 Å². The molecule has 0 radical (unpaired) electrons. The van der Waals surface area contributed by atoms with Crippen molar-refractivity contribution in [2.24, 2.45) is 5.92 Å². The van der Waals surface area contributed by atoms with Gasteiger partial charge in [-0.25, -0.2) is 4.79 Å². The molecule has 1 N–H and O–H groups in total. The number of ether oxygens (including phenoxy) is 2. The summed E-state index contributed by atoms with van der Waals surface area (Å²) in [5.74, 6) is 0.168. The first-order chi connectivity index (χ1) is 16.4. The van der Waals surface area contributed by atoms with Gasteiger partial charge in [-0.1, -0.05) is 35.5 Å². The molecule has 1 fully saturated rings. The van der Waals surface area contributed by atoms with Gasteiger partial charge in [0.2, 0.25) is 5.82 Å². The Morgan fingerprint density at radius 2 is 1.94 bits per heavy atom. The van der Waals surface area contributed by atoms with Crippen molar-refractivity contribution in [3.8, 4) is 17.2 Å². The van der Waals surface area contributed by atoms with Gasteiger partial charge in [0.05, 0.1) is 12.5 Å². The number of carbonyl (C=O) groups excluding carboxylic acids is 1. The lowest BCUT2D eigenvalue weighted by Gasteiger charge is -2.18. The first-order valence-corrected chi connectivity index (χ1v) is 11.2. The zero-order valence-corrected chi connectivity index (χ0v) is 19.1. The minimum atomic E-state index is -0.896. The highest BCUT2D eigenvalue weighted by molar-refractivity contribution is 5.70. The third-order valence-electron chi connectivity index (χ3n) is 5.62. The molecule has 178 valence electrons. The van der Waals surface area contributed by atoms with Gasteiger partial charge >= 0.3 is 12.1 Å². The Hall–Kier alpha value is -3.88. The number of amides is 1. The standard InChI is InChI=1S/C25H27N3O6/c1-16(2)33-25(31)28-13-19(12-23(29)30)21(14-28)18-9-6-10-20(11-18)32-15-22-26-24(34-27-22)17-7-4-3-5-8-17/h3-11,16,19,21H,12-15H2,1-2H3,(H,29,30)/t19-,21-/m0/s1. The molecular formula is C25H27N3O6. The molecule has 1 amide bonds. The van der Waals surface area contributed by atoms with Gasteiger partial charge in [0.25, 0.3) is 5.89 Å². The van der Waals surface area contributed by atoms with Crippen LogP contribution in [0.2, 0.25) is 0 Å². The van der Waals surface area contributed by atoms with Crippen LogP contribution in [0.4, 0.5) is 4.79 Å². The molecule has 9 heteroatoms. The van der Waals surface area contributed by atoms with E-state index in [-0.39, 0.29) is 31.0 Å². The molecule has 1 aliphatic rings. The van der Waals surface area contributed by atoms with Gasteiger partial charge in [-0.2, -0.15) is 4.98 Å². The maximum absolute atomic E-state index is 12.4. The average Bonchev–Trinajstić information content (AvgIpc) is 3.45. The number of hydrogen-bond donors (Lipinski definition) is 1. The summed E-state index contributed by atoms with van der Waals surface area (Å²) in [5, 5.41) is 13.3. The van der Waals surface area contributed by atoms with Crippen molar-refractivity contribution in [2.75, 3.05) is 13.1 Å². The first-order valence-electron chi connectivity index (χ1n) is 11.2. The van der Waals surface area contributed by atoms with Gasteiger partial charge in [0.15, 0.2) is 6.61 Å². The number of nitrogens with zero attached hydrogens (tertiary/aromatic N) is 3. The molecule has 3 aromatic rings. The smallest absolute Gasteiger partial charge is 0.410 e. The topological polar surface area (TPSA) is 115 Å². The number of carboxylic acid groups (broad SMARTS) is 1. The van der Waals surface area contributed by atoms with Crippen LogP contribution in [-0.2, 0) is 16.1 Å². The second-order valence-electron chi connectivity index (χ2n) is 8.54. The van der Waals surface area contributed by atoms with Gasteiger partial charge in [0, 0.05) is 24.6 Å². The fourth-order valence-electron chi connectivity index (χ4n) is 4.10. The molecular weight excluding hydrogens is 438 g/mol. The molecule has 0 aliphatic carbocycles. The van der Waals surface area contributed by atoms with Crippen molar-refractivity contribution in [1.29, 1.82) is 0 Å². The number of carbonyl (C=O) groups is 2. The van der Waals surface area contributed by atoms with Crippen LogP contribution in [0.25, 0.3) is 11.5 Å². The summed E-state index contributed by atoms with van der Waals surface area (Å²) in [4.78, 5) is 29.8. The van der Waals surface area contributed by atoms with E-state index in [1.807, 2.05) is 54.6 Å². The van der Waals surface area contributed by atoms with E-state index >= 15 is 0 Å². The lowest BCUT2D eigenvalue weighted by Crippen LogP contribution is -2.31. The van der Waals surface area contributed by atoms with Crippen LogP contribution >= 0.6 is 0 Å². The molecule has 4 rings (SSSR count). The second-order valence-corrected chi connectivity index (χ2v) is 8.54. The summed E-state index contributed by atoms with van der Waals surface area (Å²) >= 11 is 0. The largest absolute Gasteiger partial charge is 0.485 e. The molecule has 0 spiro atoms. The lowest BCUT2D eigenvalue weighted by atomic mass is 9.87. The number of rotatable bonds is 8. The molecule has 0 saturated carbocycles. The second kappa shape index (κ2) is 10.4. The van der Waals surface area contributed by atoms with Gasteiger partial charge in [-0.05, 0) is 49.6 Å². The fraction of sp³-hybridized carbons (Fsp3) is 0.360. The van der Waals surface area contributed by atoms with E-state index < -0.39 is 12.1 Å². The first kappa shape index (κ1) is 23.3. The highest BCUT2D eigenvalue weighted by atomic mass is 16.6. The normalized spacial score (nSPS) is 17.7. The number of benzene rings is 2. The summed E-state index contributed by atoms with van der Waals surface area (Å²) in [6.07, 6.45) is -0.702. The van der Waals surface area contributed by atoms with Gasteiger partial charge < -0.3 is 24.0 Å².